The summed E-state index contributed by atoms with van der Waals surface area (Å²) in [6, 6.07) is 7.14. The zero-order chi connectivity index (χ0) is 13.7. The molecule has 1 fully saturated rings. The summed E-state index contributed by atoms with van der Waals surface area (Å²) in [5.41, 5.74) is 1.15. The highest BCUT2D eigenvalue weighted by atomic mass is 19.1. The van der Waals surface area contributed by atoms with Crippen molar-refractivity contribution < 1.29 is 4.39 Å². The highest BCUT2D eigenvalue weighted by molar-refractivity contribution is 5.33. The second kappa shape index (κ2) is 6.65. The van der Waals surface area contributed by atoms with E-state index in [0.717, 1.165) is 32.5 Å². The SMILES string of the molecule is CCCN(Cc1cc(C#N)ccc1F)C1CCNC1. The Morgan fingerprint density at radius 2 is 2.37 bits per heavy atom. The number of rotatable bonds is 5. The second-order valence-electron chi connectivity index (χ2n) is 5.04. The van der Waals surface area contributed by atoms with E-state index in [4.69, 9.17) is 5.26 Å². The number of hydrogen-bond donors (Lipinski definition) is 1. The van der Waals surface area contributed by atoms with E-state index in [2.05, 4.69) is 23.2 Å². The summed E-state index contributed by atoms with van der Waals surface area (Å²) in [6.45, 7) is 5.69. The maximum absolute atomic E-state index is 13.8. The smallest absolute Gasteiger partial charge is 0.127 e. The Morgan fingerprint density at radius 3 is 3.00 bits per heavy atom. The average Bonchev–Trinajstić information content (AvgIpc) is 2.94. The van der Waals surface area contributed by atoms with Gasteiger partial charge in [-0.1, -0.05) is 6.92 Å². The van der Waals surface area contributed by atoms with E-state index in [1.54, 1.807) is 6.07 Å². The quantitative estimate of drug-likeness (QED) is 0.883. The molecule has 1 aliphatic heterocycles. The van der Waals surface area contributed by atoms with Crippen molar-refractivity contribution in [3.8, 4) is 6.07 Å². The zero-order valence-electron chi connectivity index (χ0n) is 11.3. The van der Waals surface area contributed by atoms with Gasteiger partial charge in [0.25, 0.3) is 0 Å². The first kappa shape index (κ1) is 14.0. The molecule has 102 valence electrons. The molecule has 0 aliphatic carbocycles. The van der Waals surface area contributed by atoms with Gasteiger partial charge in [-0.05, 0) is 44.1 Å². The Balaban J connectivity index is 2.14. The fourth-order valence-corrected chi connectivity index (χ4v) is 2.61. The van der Waals surface area contributed by atoms with Crippen LogP contribution in [0.3, 0.4) is 0 Å². The molecule has 1 aromatic rings. The average molecular weight is 261 g/mol. The first-order valence-electron chi connectivity index (χ1n) is 6.88. The second-order valence-corrected chi connectivity index (χ2v) is 5.04. The predicted octanol–water partition coefficient (Wildman–Crippen LogP) is 2.27. The molecule has 0 saturated carbocycles. The number of halogens is 1. The summed E-state index contributed by atoms with van der Waals surface area (Å²) in [4.78, 5) is 2.32. The van der Waals surface area contributed by atoms with E-state index < -0.39 is 0 Å². The topological polar surface area (TPSA) is 39.1 Å². The molecule has 19 heavy (non-hydrogen) atoms. The Labute approximate surface area is 114 Å². The van der Waals surface area contributed by atoms with Gasteiger partial charge in [0.1, 0.15) is 5.82 Å². The van der Waals surface area contributed by atoms with Crippen molar-refractivity contribution in [2.75, 3.05) is 19.6 Å². The maximum atomic E-state index is 13.8. The molecule has 0 amide bonds. The fraction of sp³-hybridized carbons (Fsp3) is 0.533. The van der Waals surface area contributed by atoms with Crippen molar-refractivity contribution in [2.24, 2.45) is 0 Å². The van der Waals surface area contributed by atoms with E-state index in [0.29, 0.717) is 23.7 Å². The van der Waals surface area contributed by atoms with E-state index in [9.17, 15) is 4.39 Å². The molecule has 3 nitrogen and oxygen atoms in total. The minimum atomic E-state index is -0.217. The van der Waals surface area contributed by atoms with Crippen LogP contribution in [0, 0.1) is 17.1 Å². The van der Waals surface area contributed by atoms with Crippen LogP contribution in [0.1, 0.15) is 30.9 Å². The fourth-order valence-electron chi connectivity index (χ4n) is 2.61. The van der Waals surface area contributed by atoms with Gasteiger partial charge in [-0.25, -0.2) is 4.39 Å². The number of nitrogens with zero attached hydrogens (tertiary/aromatic N) is 2. The van der Waals surface area contributed by atoms with Crippen molar-refractivity contribution >= 4 is 0 Å². The summed E-state index contributed by atoms with van der Waals surface area (Å²) < 4.78 is 13.8. The van der Waals surface area contributed by atoms with Crippen LogP contribution in [-0.2, 0) is 6.54 Å². The standard InChI is InChI=1S/C15H20FN3/c1-2-7-19(14-5-6-18-10-14)11-13-8-12(9-17)3-4-15(13)16/h3-4,8,14,18H,2,5-7,10-11H2,1H3. The summed E-state index contributed by atoms with van der Waals surface area (Å²) in [5, 5.41) is 12.3. The number of nitriles is 1. The Morgan fingerprint density at radius 1 is 1.53 bits per heavy atom. The number of benzene rings is 1. The van der Waals surface area contributed by atoms with Crippen molar-refractivity contribution in [1.82, 2.24) is 10.2 Å². The minimum absolute atomic E-state index is 0.217. The van der Waals surface area contributed by atoms with Gasteiger partial charge in [0.15, 0.2) is 0 Å². The van der Waals surface area contributed by atoms with Crippen LogP contribution in [-0.4, -0.2) is 30.6 Å². The molecule has 0 spiro atoms. The Kier molecular flexibility index (Phi) is 4.89. The summed E-state index contributed by atoms with van der Waals surface area (Å²) in [6.07, 6.45) is 2.16. The predicted molar refractivity (Wildman–Crippen MR) is 73.1 cm³/mol. The first-order valence-corrected chi connectivity index (χ1v) is 6.88. The summed E-state index contributed by atoms with van der Waals surface area (Å²) >= 11 is 0. The van der Waals surface area contributed by atoms with Crippen LogP contribution in [0.25, 0.3) is 0 Å². The van der Waals surface area contributed by atoms with Gasteiger partial charge < -0.3 is 5.32 Å². The number of nitrogens with one attached hydrogen (secondary N) is 1. The summed E-state index contributed by atoms with van der Waals surface area (Å²) in [5.74, 6) is -0.217. The van der Waals surface area contributed by atoms with E-state index in [1.165, 1.54) is 12.1 Å². The number of hydrogen-bond acceptors (Lipinski definition) is 3. The van der Waals surface area contributed by atoms with Crippen LogP contribution < -0.4 is 5.32 Å². The molecular formula is C15H20FN3. The van der Waals surface area contributed by atoms with Crippen LogP contribution in [0.2, 0.25) is 0 Å². The lowest BCUT2D eigenvalue weighted by Crippen LogP contribution is -2.37. The third-order valence-electron chi connectivity index (χ3n) is 3.61. The molecular weight excluding hydrogens is 241 g/mol. The molecule has 1 heterocycles. The van der Waals surface area contributed by atoms with E-state index >= 15 is 0 Å². The maximum Gasteiger partial charge on any atom is 0.127 e. The lowest BCUT2D eigenvalue weighted by molar-refractivity contribution is 0.197. The van der Waals surface area contributed by atoms with Gasteiger partial charge >= 0.3 is 0 Å². The molecule has 2 rings (SSSR count). The van der Waals surface area contributed by atoms with Gasteiger partial charge in [0, 0.05) is 24.7 Å². The van der Waals surface area contributed by atoms with Crippen LogP contribution in [0.4, 0.5) is 4.39 Å². The molecule has 1 N–H and O–H groups in total. The lowest BCUT2D eigenvalue weighted by atomic mass is 10.1. The minimum Gasteiger partial charge on any atom is -0.315 e. The van der Waals surface area contributed by atoms with Crippen molar-refractivity contribution in [3.63, 3.8) is 0 Å². The molecule has 1 unspecified atom stereocenters. The monoisotopic (exact) mass is 261 g/mol. The van der Waals surface area contributed by atoms with Crippen molar-refractivity contribution in [1.29, 1.82) is 5.26 Å². The highest BCUT2D eigenvalue weighted by Gasteiger charge is 2.22. The molecule has 1 aliphatic rings. The normalized spacial score (nSPS) is 18.7. The van der Waals surface area contributed by atoms with Gasteiger partial charge in [0.05, 0.1) is 11.6 Å². The lowest BCUT2D eigenvalue weighted by Gasteiger charge is -2.28. The van der Waals surface area contributed by atoms with E-state index in [-0.39, 0.29) is 5.82 Å². The van der Waals surface area contributed by atoms with Crippen LogP contribution in [0.15, 0.2) is 18.2 Å². The Bertz CT molecular complexity index is 461. The van der Waals surface area contributed by atoms with Gasteiger partial charge in [0.2, 0.25) is 0 Å². The molecule has 1 aromatic carbocycles. The van der Waals surface area contributed by atoms with Crippen LogP contribution >= 0.6 is 0 Å². The zero-order valence-corrected chi connectivity index (χ0v) is 11.3. The third-order valence-corrected chi connectivity index (χ3v) is 3.61. The molecule has 0 bridgehead atoms. The molecule has 4 heteroatoms. The highest BCUT2D eigenvalue weighted by Crippen LogP contribution is 2.17. The van der Waals surface area contributed by atoms with Gasteiger partial charge in [-0.2, -0.15) is 5.26 Å². The molecule has 1 atom stereocenters. The third kappa shape index (κ3) is 3.52. The van der Waals surface area contributed by atoms with Crippen molar-refractivity contribution in [2.45, 2.75) is 32.4 Å². The molecule has 1 saturated heterocycles. The molecule has 0 aromatic heterocycles. The molecule has 0 radical (unpaired) electrons. The van der Waals surface area contributed by atoms with Gasteiger partial charge in [-0.3, -0.25) is 4.90 Å². The first-order chi connectivity index (χ1) is 9.24. The van der Waals surface area contributed by atoms with Gasteiger partial charge in [-0.15, -0.1) is 0 Å². The largest absolute Gasteiger partial charge is 0.315 e. The van der Waals surface area contributed by atoms with E-state index in [1.807, 2.05) is 0 Å². The van der Waals surface area contributed by atoms with Crippen LogP contribution in [0.5, 0.6) is 0 Å². The van der Waals surface area contributed by atoms with Crippen molar-refractivity contribution in [3.05, 3.63) is 35.1 Å². The summed E-state index contributed by atoms with van der Waals surface area (Å²) in [7, 11) is 0. The Hall–Kier alpha value is -1.44.